The maximum Gasteiger partial charge on any atom is 0.0716 e. The number of nitrogens with one attached hydrogen (secondary N) is 1. The van der Waals surface area contributed by atoms with Gasteiger partial charge in [0, 0.05) is 13.2 Å². The summed E-state index contributed by atoms with van der Waals surface area (Å²) in [7, 11) is 0. The highest BCUT2D eigenvalue weighted by Gasteiger charge is 1.95. The standard InChI is InChI=1S/C13H21NO/c1-3-8-14-10-12-6-5-7-13(9-12)11-15-4-2/h5-7,9,14H,3-4,8,10-11H2,1-2H3. The molecule has 0 bridgehead atoms. The van der Waals surface area contributed by atoms with Gasteiger partial charge in [0.1, 0.15) is 0 Å². The van der Waals surface area contributed by atoms with Crippen LogP contribution in [0.2, 0.25) is 0 Å². The Kier molecular flexibility index (Phi) is 6.05. The first-order valence-electron chi connectivity index (χ1n) is 5.73. The molecule has 2 nitrogen and oxygen atoms in total. The minimum absolute atomic E-state index is 0.720. The van der Waals surface area contributed by atoms with E-state index < -0.39 is 0 Å². The second kappa shape index (κ2) is 7.43. The Morgan fingerprint density at radius 1 is 1.20 bits per heavy atom. The predicted molar refractivity (Wildman–Crippen MR) is 63.8 cm³/mol. The number of hydrogen-bond acceptors (Lipinski definition) is 2. The van der Waals surface area contributed by atoms with E-state index in [0.717, 1.165) is 26.3 Å². The highest BCUT2D eigenvalue weighted by atomic mass is 16.5. The lowest BCUT2D eigenvalue weighted by Crippen LogP contribution is -2.13. The fraction of sp³-hybridized carbons (Fsp3) is 0.538. The second-order valence-corrected chi connectivity index (χ2v) is 3.63. The topological polar surface area (TPSA) is 21.3 Å². The lowest BCUT2D eigenvalue weighted by molar-refractivity contribution is 0.134. The summed E-state index contributed by atoms with van der Waals surface area (Å²) in [4.78, 5) is 0. The summed E-state index contributed by atoms with van der Waals surface area (Å²) in [5, 5.41) is 3.39. The van der Waals surface area contributed by atoms with Crippen LogP contribution in [0.5, 0.6) is 0 Å². The van der Waals surface area contributed by atoms with Gasteiger partial charge in [-0.15, -0.1) is 0 Å². The molecule has 1 rings (SSSR count). The average molecular weight is 207 g/mol. The van der Waals surface area contributed by atoms with E-state index >= 15 is 0 Å². The Morgan fingerprint density at radius 3 is 2.73 bits per heavy atom. The zero-order chi connectivity index (χ0) is 10.9. The van der Waals surface area contributed by atoms with Crippen LogP contribution in [0, 0.1) is 0 Å². The molecule has 0 aliphatic carbocycles. The number of benzene rings is 1. The van der Waals surface area contributed by atoms with Gasteiger partial charge in [0.25, 0.3) is 0 Å². The van der Waals surface area contributed by atoms with E-state index in [9.17, 15) is 0 Å². The van der Waals surface area contributed by atoms with Gasteiger partial charge >= 0.3 is 0 Å². The first kappa shape index (κ1) is 12.2. The van der Waals surface area contributed by atoms with Crippen molar-refractivity contribution in [3.05, 3.63) is 35.4 Å². The van der Waals surface area contributed by atoms with Crippen LogP contribution in [0.25, 0.3) is 0 Å². The third-order valence-electron chi connectivity index (χ3n) is 2.22. The lowest BCUT2D eigenvalue weighted by atomic mass is 10.1. The van der Waals surface area contributed by atoms with Crippen LogP contribution in [0.1, 0.15) is 31.4 Å². The molecular weight excluding hydrogens is 186 g/mol. The highest BCUT2D eigenvalue weighted by Crippen LogP contribution is 2.06. The Morgan fingerprint density at radius 2 is 2.00 bits per heavy atom. The van der Waals surface area contributed by atoms with E-state index in [1.54, 1.807) is 0 Å². The van der Waals surface area contributed by atoms with Crippen molar-refractivity contribution in [3.63, 3.8) is 0 Å². The summed E-state index contributed by atoms with van der Waals surface area (Å²) in [6.45, 7) is 7.73. The van der Waals surface area contributed by atoms with Crippen molar-refractivity contribution in [2.75, 3.05) is 13.2 Å². The zero-order valence-corrected chi connectivity index (χ0v) is 9.75. The summed E-state index contributed by atoms with van der Waals surface area (Å²) >= 11 is 0. The minimum Gasteiger partial charge on any atom is -0.377 e. The molecule has 0 unspecified atom stereocenters. The van der Waals surface area contributed by atoms with Crippen molar-refractivity contribution in [3.8, 4) is 0 Å². The summed E-state index contributed by atoms with van der Waals surface area (Å²) in [6, 6.07) is 8.56. The predicted octanol–water partition coefficient (Wildman–Crippen LogP) is 2.72. The van der Waals surface area contributed by atoms with Gasteiger partial charge in [-0.2, -0.15) is 0 Å². The van der Waals surface area contributed by atoms with Gasteiger partial charge in [-0.25, -0.2) is 0 Å². The fourth-order valence-electron chi connectivity index (χ4n) is 1.46. The van der Waals surface area contributed by atoms with E-state index in [1.165, 1.54) is 17.5 Å². The quantitative estimate of drug-likeness (QED) is 0.694. The Bertz CT molecular complexity index is 273. The average Bonchev–Trinajstić information content (AvgIpc) is 2.27. The van der Waals surface area contributed by atoms with Crippen molar-refractivity contribution in [2.45, 2.75) is 33.4 Å². The van der Waals surface area contributed by atoms with Crippen molar-refractivity contribution >= 4 is 0 Å². The van der Waals surface area contributed by atoms with Gasteiger partial charge < -0.3 is 10.1 Å². The molecular formula is C13H21NO. The van der Waals surface area contributed by atoms with Crippen LogP contribution in [-0.2, 0) is 17.9 Å². The summed E-state index contributed by atoms with van der Waals surface area (Å²) < 4.78 is 5.38. The normalized spacial score (nSPS) is 10.5. The molecule has 1 aromatic rings. The fourth-order valence-corrected chi connectivity index (χ4v) is 1.46. The van der Waals surface area contributed by atoms with Crippen molar-refractivity contribution in [2.24, 2.45) is 0 Å². The first-order valence-corrected chi connectivity index (χ1v) is 5.73. The minimum atomic E-state index is 0.720. The van der Waals surface area contributed by atoms with E-state index in [4.69, 9.17) is 4.74 Å². The molecule has 0 spiro atoms. The SMILES string of the molecule is CCCNCc1cccc(COCC)c1. The van der Waals surface area contributed by atoms with Gasteiger partial charge in [0.2, 0.25) is 0 Å². The zero-order valence-electron chi connectivity index (χ0n) is 9.75. The lowest BCUT2D eigenvalue weighted by Gasteiger charge is -2.06. The molecule has 0 saturated heterocycles. The summed E-state index contributed by atoms with van der Waals surface area (Å²) in [6.07, 6.45) is 1.18. The molecule has 0 atom stereocenters. The van der Waals surface area contributed by atoms with Crippen LogP contribution in [0.4, 0.5) is 0 Å². The third-order valence-corrected chi connectivity index (χ3v) is 2.22. The van der Waals surface area contributed by atoms with Crippen LogP contribution >= 0.6 is 0 Å². The summed E-state index contributed by atoms with van der Waals surface area (Å²) in [5.74, 6) is 0. The molecule has 15 heavy (non-hydrogen) atoms. The molecule has 0 aromatic heterocycles. The number of rotatable bonds is 7. The van der Waals surface area contributed by atoms with Crippen molar-refractivity contribution in [1.29, 1.82) is 0 Å². The van der Waals surface area contributed by atoms with E-state index in [-0.39, 0.29) is 0 Å². The Labute approximate surface area is 92.6 Å². The Balaban J connectivity index is 2.42. The molecule has 0 fully saturated rings. The molecule has 0 heterocycles. The number of ether oxygens (including phenoxy) is 1. The van der Waals surface area contributed by atoms with Crippen LogP contribution in [0.3, 0.4) is 0 Å². The highest BCUT2D eigenvalue weighted by molar-refractivity contribution is 5.22. The molecule has 84 valence electrons. The Hall–Kier alpha value is -0.860. The third kappa shape index (κ3) is 4.96. The van der Waals surface area contributed by atoms with E-state index in [2.05, 4.69) is 36.5 Å². The van der Waals surface area contributed by atoms with Gasteiger partial charge in [-0.3, -0.25) is 0 Å². The maximum absolute atomic E-state index is 5.38. The first-order chi connectivity index (χ1) is 7.36. The van der Waals surface area contributed by atoms with Gasteiger partial charge in [0.05, 0.1) is 6.61 Å². The van der Waals surface area contributed by atoms with Crippen LogP contribution in [0.15, 0.2) is 24.3 Å². The number of hydrogen-bond donors (Lipinski definition) is 1. The van der Waals surface area contributed by atoms with E-state index in [0.29, 0.717) is 0 Å². The summed E-state index contributed by atoms with van der Waals surface area (Å²) in [5.41, 5.74) is 2.59. The molecule has 0 aliphatic rings. The second-order valence-electron chi connectivity index (χ2n) is 3.63. The van der Waals surface area contributed by atoms with E-state index in [1.807, 2.05) is 6.92 Å². The van der Waals surface area contributed by atoms with Gasteiger partial charge in [0.15, 0.2) is 0 Å². The molecule has 0 amide bonds. The van der Waals surface area contributed by atoms with Gasteiger partial charge in [-0.05, 0) is 31.0 Å². The maximum atomic E-state index is 5.38. The largest absolute Gasteiger partial charge is 0.377 e. The molecule has 0 radical (unpaired) electrons. The monoisotopic (exact) mass is 207 g/mol. The molecule has 2 heteroatoms. The smallest absolute Gasteiger partial charge is 0.0716 e. The van der Waals surface area contributed by atoms with Crippen molar-refractivity contribution < 1.29 is 4.74 Å². The molecule has 0 saturated carbocycles. The molecule has 1 aromatic carbocycles. The van der Waals surface area contributed by atoms with Crippen LogP contribution < -0.4 is 5.32 Å². The molecule has 1 N–H and O–H groups in total. The van der Waals surface area contributed by atoms with Crippen LogP contribution in [-0.4, -0.2) is 13.2 Å². The van der Waals surface area contributed by atoms with Crippen molar-refractivity contribution in [1.82, 2.24) is 5.32 Å². The molecule has 0 aliphatic heterocycles. The van der Waals surface area contributed by atoms with Gasteiger partial charge in [-0.1, -0.05) is 31.2 Å².